The standard InChI is InChI=1S/C13H16O4S/c14-13(15)12-3-1-2-11(9-12)8-10-4-6-18(16,17)7-5-10/h1-3,9-10H,4-8H2,(H,14,15). The van der Waals surface area contributed by atoms with E-state index >= 15 is 0 Å². The van der Waals surface area contributed by atoms with Crippen LogP contribution in [0, 0.1) is 5.92 Å². The van der Waals surface area contributed by atoms with Crippen LogP contribution in [-0.2, 0) is 16.3 Å². The molecule has 0 amide bonds. The van der Waals surface area contributed by atoms with Crippen molar-refractivity contribution in [3.05, 3.63) is 35.4 Å². The van der Waals surface area contributed by atoms with Crippen molar-refractivity contribution in [2.24, 2.45) is 5.92 Å². The Kier molecular flexibility index (Phi) is 3.71. The lowest BCUT2D eigenvalue weighted by Crippen LogP contribution is -2.24. The molecule has 1 fully saturated rings. The number of carbonyl (C=O) groups is 1. The SMILES string of the molecule is O=C(O)c1cccc(CC2CCS(=O)(=O)CC2)c1. The molecular formula is C13H16O4S. The van der Waals surface area contributed by atoms with E-state index < -0.39 is 15.8 Å². The molecule has 5 heteroatoms. The summed E-state index contributed by atoms with van der Waals surface area (Å²) in [6.45, 7) is 0. The Balaban J connectivity index is 2.02. The van der Waals surface area contributed by atoms with Crippen LogP contribution in [0.3, 0.4) is 0 Å². The van der Waals surface area contributed by atoms with Crippen molar-refractivity contribution in [3.63, 3.8) is 0 Å². The van der Waals surface area contributed by atoms with Gasteiger partial charge < -0.3 is 5.11 Å². The monoisotopic (exact) mass is 268 g/mol. The molecule has 98 valence electrons. The number of rotatable bonds is 3. The lowest BCUT2D eigenvalue weighted by atomic mass is 9.93. The van der Waals surface area contributed by atoms with Crippen LogP contribution >= 0.6 is 0 Å². The van der Waals surface area contributed by atoms with E-state index in [2.05, 4.69) is 0 Å². The minimum absolute atomic E-state index is 0.260. The molecular weight excluding hydrogens is 252 g/mol. The largest absolute Gasteiger partial charge is 0.478 e. The molecule has 1 heterocycles. The first kappa shape index (κ1) is 13.1. The molecule has 0 saturated carbocycles. The smallest absolute Gasteiger partial charge is 0.335 e. The zero-order valence-corrected chi connectivity index (χ0v) is 10.8. The first-order chi connectivity index (χ1) is 8.46. The Morgan fingerprint density at radius 1 is 1.28 bits per heavy atom. The van der Waals surface area contributed by atoms with E-state index in [1.807, 2.05) is 6.07 Å². The second-order valence-corrected chi connectivity index (χ2v) is 7.11. The van der Waals surface area contributed by atoms with Gasteiger partial charge in [0.15, 0.2) is 0 Å². The summed E-state index contributed by atoms with van der Waals surface area (Å²) in [4.78, 5) is 10.9. The van der Waals surface area contributed by atoms with Crippen LogP contribution in [0.1, 0.15) is 28.8 Å². The van der Waals surface area contributed by atoms with Gasteiger partial charge in [0, 0.05) is 0 Å². The fourth-order valence-corrected chi connectivity index (χ4v) is 3.90. The highest BCUT2D eigenvalue weighted by atomic mass is 32.2. The van der Waals surface area contributed by atoms with Gasteiger partial charge in [-0.25, -0.2) is 13.2 Å². The summed E-state index contributed by atoms with van der Waals surface area (Å²) in [5.74, 6) is -0.0623. The third kappa shape index (κ3) is 3.32. The van der Waals surface area contributed by atoms with Crippen molar-refractivity contribution in [1.29, 1.82) is 0 Å². The van der Waals surface area contributed by atoms with Crippen LogP contribution in [0.4, 0.5) is 0 Å². The Labute approximate surface area is 107 Å². The van der Waals surface area contributed by atoms with Crippen molar-refractivity contribution in [2.75, 3.05) is 11.5 Å². The lowest BCUT2D eigenvalue weighted by molar-refractivity contribution is 0.0696. The van der Waals surface area contributed by atoms with Crippen molar-refractivity contribution in [3.8, 4) is 0 Å². The third-order valence-electron chi connectivity index (χ3n) is 3.37. The summed E-state index contributed by atoms with van der Waals surface area (Å²) in [5.41, 5.74) is 1.26. The van der Waals surface area contributed by atoms with Crippen LogP contribution < -0.4 is 0 Å². The number of carboxylic acid groups (broad SMARTS) is 1. The molecule has 0 unspecified atom stereocenters. The van der Waals surface area contributed by atoms with Gasteiger partial charge in [-0.2, -0.15) is 0 Å². The van der Waals surface area contributed by atoms with E-state index in [4.69, 9.17) is 5.11 Å². The van der Waals surface area contributed by atoms with Gasteiger partial charge in [-0.1, -0.05) is 12.1 Å². The maximum Gasteiger partial charge on any atom is 0.335 e. The average Bonchev–Trinajstić information content (AvgIpc) is 2.32. The molecule has 0 aromatic heterocycles. The van der Waals surface area contributed by atoms with Gasteiger partial charge in [0.05, 0.1) is 17.1 Å². The molecule has 1 aromatic carbocycles. The van der Waals surface area contributed by atoms with Gasteiger partial charge in [-0.15, -0.1) is 0 Å². The molecule has 0 bridgehead atoms. The molecule has 18 heavy (non-hydrogen) atoms. The summed E-state index contributed by atoms with van der Waals surface area (Å²) >= 11 is 0. The first-order valence-electron chi connectivity index (χ1n) is 5.99. The van der Waals surface area contributed by atoms with E-state index in [9.17, 15) is 13.2 Å². The number of sulfone groups is 1. The van der Waals surface area contributed by atoms with Gasteiger partial charge in [0.1, 0.15) is 9.84 Å². The van der Waals surface area contributed by atoms with E-state index in [1.54, 1.807) is 18.2 Å². The molecule has 0 aliphatic carbocycles. The second-order valence-electron chi connectivity index (χ2n) is 4.80. The Morgan fingerprint density at radius 2 is 1.94 bits per heavy atom. The quantitative estimate of drug-likeness (QED) is 0.906. The van der Waals surface area contributed by atoms with Gasteiger partial charge in [0.2, 0.25) is 0 Å². The van der Waals surface area contributed by atoms with Crippen LogP contribution in [0.25, 0.3) is 0 Å². The number of benzene rings is 1. The van der Waals surface area contributed by atoms with E-state index in [0.29, 0.717) is 18.8 Å². The molecule has 0 radical (unpaired) electrons. The predicted octanol–water partition coefficient (Wildman–Crippen LogP) is 1.75. The van der Waals surface area contributed by atoms with E-state index in [0.717, 1.165) is 12.0 Å². The average molecular weight is 268 g/mol. The van der Waals surface area contributed by atoms with Crippen molar-refractivity contribution >= 4 is 15.8 Å². The van der Waals surface area contributed by atoms with Crippen LogP contribution in [-0.4, -0.2) is 31.0 Å². The number of carboxylic acids is 1. The van der Waals surface area contributed by atoms with Crippen LogP contribution in [0.15, 0.2) is 24.3 Å². The summed E-state index contributed by atoms with van der Waals surface area (Å²) < 4.78 is 22.6. The third-order valence-corrected chi connectivity index (χ3v) is 5.09. The Bertz CT molecular complexity index is 534. The van der Waals surface area contributed by atoms with Crippen molar-refractivity contribution < 1.29 is 18.3 Å². The molecule has 4 nitrogen and oxygen atoms in total. The van der Waals surface area contributed by atoms with Crippen molar-refractivity contribution in [2.45, 2.75) is 19.3 Å². The minimum Gasteiger partial charge on any atom is -0.478 e. The fourth-order valence-electron chi connectivity index (χ4n) is 2.31. The van der Waals surface area contributed by atoms with Crippen LogP contribution in [0.5, 0.6) is 0 Å². The first-order valence-corrected chi connectivity index (χ1v) is 7.81. The highest BCUT2D eigenvalue weighted by molar-refractivity contribution is 7.91. The summed E-state index contributed by atoms with van der Waals surface area (Å²) in [7, 11) is -2.82. The topological polar surface area (TPSA) is 71.4 Å². The maximum absolute atomic E-state index is 11.3. The fraction of sp³-hybridized carbons (Fsp3) is 0.462. The molecule has 0 spiro atoms. The zero-order valence-electron chi connectivity index (χ0n) is 10.0. The molecule has 1 aliphatic rings. The maximum atomic E-state index is 11.3. The van der Waals surface area contributed by atoms with E-state index in [1.165, 1.54) is 0 Å². The summed E-state index contributed by atoms with van der Waals surface area (Å²) in [6, 6.07) is 6.87. The predicted molar refractivity (Wildman–Crippen MR) is 68.5 cm³/mol. The normalized spacial score (nSPS) is 19.6. The summed E-state index contributed by atoms with van der Waals surface area (Å²) in [6.07, 6.45) is 2.12. The Hall–Kier alpha value is -1.36. The minimum atomic E-state index is -2.82. The number of hydrogen-bond acceptors (Lipinski definition) is 3. The second kappa shape index (κ2) is 5.10. The van der Waals surface area contributed by atoms with Crippen LogP contribution in [0.2, 0.25) is 0 Å². The van der Waals surface area contributed by atoms with Gasteiger partial charge >= 0.3 is 5.97 Å². The van der Waals surface area contributed by atoms with Gasteiger partial charge in [0.25, 0.3) is 0 Å². The highest BCUT2D eigenvalue weighted by Crippen LogP contribution is 2.23. The van der Waals surface area contributed by atoms with Crippen molar-refractivity contribution in [1.82, 2.24) is 0 Å². The molecule has 1 N–H and O–H groups in total. The van der Waals surface area contributed by atoms with Gasteiger partial charge in [-0.05, 0) is 42.9 Å². The molecule has 1 saturated heterocycles. The van der Waals surface area contributed by atoms with Gasteiger partial charge in [-0.3, -0.25) is 0 Å². The Morgan fingerprint density at radius 3 is 2.56 bits per heavy atom. The molecule has 2 rings (SSSR count). The zero-order chi connectivity index (χ0) is 13.2. The molecule has 1 aromatic rings. The number of hydrogen-bond donors (Lipinski definition) is 1. The lowest BCUT2D eigenvalue weighted by Gasteiger charge is -2.21. The molecule has 1 aliphatic heterocycles. The summed E-state index contributed by atoms with van der Waals surface area (Å²) in [5, 5.41) is 8.90. The number of aromatic carboxylic acids is 1. The molecule has 0 atom stereocenters. The van der Waals surface area contributed by atoms with E-state index in [-0.39, 0.29) is 17.1 Å². The highest BCUT2D eigenvalue weighted by Gasteiger charge is 2.23.